The maximum Gasteiger partial charge on any atom is 0.173 e. The van der Waals surface area contributed by atoms with Gasteiger partial charge in [0.2, 0.25) is 0 Å². The Morgan fingerprint density at radius 2 is 2.00 bits per heavy atom. The van der Waals surface area contributed by atoms with Crippen molar-refractivity contribution >= 4 is 34.8 Å². The normalized spacial score (nSPS) is 13.0. The Morgan fingerprint density at radius 1 is 1.40 bits per heavy atom. The summed E-state index contributed by atoms with van der Waals surface area (Å²) in [5, 5.41) is 9.60. The molecule has 84 valence electrons. The molecule has 0 heterocycles. The minimum Gasteiger partial charge on any atom is -0.492 e. The van der Waals surface area contributed by atoms with E-state index in [1.54, 1.807) is 0 Å². The van der Waals surface area contributed by atoms with Crippen molar-refractivity contribution in [2.45, 2.75) is 10.9 Å². The fraction of sp³-hybridized carbons (Fsp3) is 0.333. The summed E-state index contributed by atoms with van der Waals surface area (Å²) in [4.78, 5) is -1.12. The largest absolute Gasteiger partial charge is 0.492 e. The molecule has 0 bridgehead atoms. The van der Waals surface area contributed by atoms with Crippen molar-refractivity contribution in [2.24, 2.45) is 0 Å². The average molecular weight is 274 g/mol. The summed E-state index contributed by atoms with van der Waals surface area (Å²) in [6.45, 7) is 0. The maximum absolute atomic E-state index is 13.7. The molecule has 1 N–H and O–H groups in total. The van der Waals surface area contributed by atoms with Crippen LogP contribution in [0.1, 0.15) is 11.7 Å². The summed E-state index contributed by atoms with van der Waals surface area (Å²) in [7, 11) is 1.28. The topological polar surface area (TPSA) is 29.5 Å². The fourth-order valence-corrected chi connectivity index (χ4v) is 1.59. The number of rotatable bonds is 3. The lowest BCUT2D eigenvalue weighted by Crippen LogP contribution is -2.09. The van der Waals surface area contributed by atoms with Crippen LogP contribution < -0.4 is 4.74 Å². The zero-order valence-corrected chi connectivity index (χ0v) is 9.94. The number of halogens is 4. The quantitative estimate of drug-likeness (QED) is 0.856. The van der Waals surface area contributed by atoms with E-state index in [1.165, 1.54) is 19.2 Å². The molecule has 0 spiro atoms. The third-order valence-corrected chi connectivity index (χ3v) is 2.62. The Kier molecular flexibility index (Phi) is 4.46. The summed E-state index contributed by atoms with van der Waals surface area (Å²) in [5.41, 5.74) is -0.0498. The Morgan fingerprint density at radius 3 is 2.47 bits per heavy atom. The molecule has 2 nitrogen and oxygen atoms in total. The molecule has 0 aromatic heterocycles. The molecule has 0 amide bonds. The van der Waals surface area contributed by atoms with Crippen molar-refractivity contribution in [3.8, 4) is 5.75 Å². The lowest BCUT2D eigenvalue weighted by atomic mass is 10.1. The van der Waals surface area contributed by atoms with Crippen LogP contribution in [0.25, 0.3) is 0 Å². The Hall–Kier alpha value is -0.220. The number of methoxy groups -OCH3 is 1. The first-order valence-corrected chi connectivity index (χ1v) is 5.22. The molecule has 15 heavy (non-hydrogen) atoms. The number of hydrogen-bond donors (Lipinski definition) is 1. The van der Waals surface area contributed by atoms with Crippen LogP contribution in [-0.2, 0) is 0 Å². The van der Waals surface area contributed by atoms with Crippen LogP contribution in [0.4, 0.5) is 4.39 Å². The van der Waals surface area contributed by atoms with Gasteiger partial charge in [0.15, 0.2) is 11.6 Å². The summed E-state index contributed by atoms with van der Waals surface area (Å²) in [6, 6.07) is 2.71. The van der Waals surface area contributed by atoms with Gasteiger partial charge in [0.25, 0.3) is 0 Å². The van der Waals surface area contributed by atoms with Gasteiger partial charge in [-0.05, 0) is 6.07 Å². The van der Waals surface area contributed by atoms with Crippen molar-refractivity contribution < 1.29 is 14.2 Å². The van der Waals surface area contributed by atoms with Crippen molar-refractivity contribution in [3.05, 3.63) is 28.5 Å². The first-order chi connectivity index (χ1) is 6.99. The van der Waals surface area contributed by atoms with E-state index < -0.39 is 16.8 Å². The Bertz CT molecular complexity index is 357. The molecule has 0 aliphatic carbocycles. The molecule has 0 aliphatic heterocycles. The molecule has 1 atom stereocenters. The van der Waals surface area contributed by atoms with Crippen LogP contribution in [0.5, 0.6) is 5.75 Å². The number of hydrogen-bond acceptors (Lipinski definition) is 2. The molecular weight excluding hydrogens is 265 g/mol. The molecule has 1 aromatic carbocycles. The van der Waals surface area contributed by atoms with Gasteiger partial charge in [-0.3, -0.25) is 0 Å². The smallest absolute Gasteiger partial charge is 0.173 e. The first kappa shape index (κ1) is 12.8. The van der Waals surface area contributed by atoms with Gasteiger partial charge >= 0.3 is 0 Å². The highest BCUT2D eigenvalue weighted by Gasteiger charge is 2.23. The SMILES string of the molecule is COc1c(Cl)ccc(C(O)C(Cl)Cl)c1F. The minimum atomic E-state index is -1.32. The van der Waals surface area contributed by atoms with Gasteiger partial charge in [-0.15, -0.1) is 23.2 Å². The summed E-state index contributed by atoms with van der Waals surface area (Å²) in [6.07, 6.45) is -1.32. The molecule has 6 heteroatoms. The molecule has 0 saturated heterocycles. The van der Waals surface area contributed by atoms with Gasteiger partial charge in [0, 0.05) is 5.56 Å². The van der Waals surface area contributed by atoms with E-state index in [9.17, 15) is 9.50 Å². The van der Waals surface area contributed by atoms with Crippen molar-refractivity contribution in [3.63, 3.8) is 0 Å². The third kappa shape index (κ3) is 2.67. The van der Waals surface area contributed by atoms with E-state index in [1.807, 2.05) is 0 Å². The van der Waals surface area contributed by atoms with Crippen LogP contribution in [0.2, 0.25) is 5.02 Å². The maximum atomic E-state index is 13.7. The summed E-state index contributed by atoms with van der Waals surface area (Å²) < 4.78 is 18.4. The van der Waals surface area contributed by atoms with Gasteiger partial charge < -0.3 is 9.84 Å². The predicted octanol–water partition coefficient (Wildman–Crippen LogP) is 3.32. The Labute approximate surface area is 102 Å². The van der Waals surface area contributed by atoms with Gasteiger partial charge in [0.05, 0.1) is 12.1 Å². The summed E-state index contributed by atoms with van der Waals surface area (Å²) in [5.74, 6) is -0.897. The van der Waals surface area contributed by atoms with Crippen LogP contribution in [0.15, 0.2) is 12.1 Å². The first-order valence-electron chi connectivity index (χ1n) is 3.97. The molecule has 0 aliphatic rings. The molecule has 0 saturated carbocycles. The highest BCUT2D eigenvalue weighted by Crippen LogP contribution is 2.34. The minimum absolute atomic E-state index is 0.0498. The number of benzene rings is 1. The van der Waals surface area contributed by atoms with Crippen molar-refractivity contribution in [1.82, 2.24) is 0 Å². The van der Waals surface area contributed by atoms with Gasteiger partial charge in [-0.2, -0.15) is 0 Å². The second kappa shape index (κ2) is 5.21. The number of aliphatic hydroxyl groups is 1. The highest BCUT2D eigenvalue weighted by atomic mass is 35.5. The van der Waals surface area contributed by atoms with Gasteiger partial charge in [-0.1, -0.05) is 17.7 Å². The van der Waals surface area contributed by atoms with Gasteiger partial charge in [0.1, 0.15) is 10.9 Å². The van der Waals surface area contributed by atoms with E-state index in [4.69, 9.17) is 39.5 Å². The van der Waals surface area contributed by atoms with E-state index in [0.717, 1.165) is 0 Å². The van der Waals surface area contributed by atoms with Crippen LogP contribution in [0.3, 0.4) is 0 Å². The standard InChI is InChI=1S/C9H8Cl3FO2/c1-15-8-5(10)3-2-4(6(8)13)7(14)9(11)12/h2-3,7,9,14H,1H3. The zero-order chi connectivity index (χ0) is 11.6. The number of alkyl halides is 2. The Balaban J connectivity index is 3.21. The van der Waals surface area contributed by atoms with Crippen molar-refractivity contribution in [2.75, 3.05) is 7.11 Å². The summed E-state index contributed by atoms with van der Waals surface area (Å²) >= 11 is 16.6. The van der Waals surface area contributed by atoms with Crippen molar-refractivity contribution in [1.29, 1.82) is 0 Å². The zero-order valence-electron chi connectivity index (χ0n) is 7.68. The van der Waals surface area contributed by atoms with E-state index in [2.05, 4.69) is 0 Å². The van der Waals surface area contributed by atoms with Crippen LogP contribution in [-0.4, -0.2) is 17.1 Å². The number of aliphatic hydroxyl groups excluding tert-OH is 1. The second-order valence-corrected chi connectivity index (χ2v) is 4.33. The monoisotopic (exact) mass is 272 g/mol. The molecule has 0 radical (unpaired) electrons. The van der Waals surface area contributed by atoms with Gasteiger partial charge in [-0.25, -0.2) is 4.39 Å². The van der Waals surface area contributed by atoms with E-state index in [-0.39, 0.29) is 16.3 Å². The van der Waals surface area contributed by atoms with Crippen LogP contribution in [0, 0.1) is 5.82 Å². The fourth-order valence-electron chi connectivity index (χ4n) is 1.10. The lowest BCUT2D eigenvalue weighted by molar-refractivity contribution is 0.186. The third-order valence-electron chi connectivity index (χ3n) is 1.84. The lowest BCUT2D eigenvalue weighted by Gasteiger charge is -2.14. The molecule has 1 aromatic rings. The predicted molar refractivity (Wildman–Crippen MR) is 58.4 cm³/mol. The van der Waals surface area contributed by atoms with E-state index >= 15 is 0 Å². The van der Waals surface area contributed by atoms with E-state index in [0.29, 0.717) is 0 Å². The number of ether oxygens (including phenoxy) is 1. The molecule has 1 unspecified atom stereocenters. The molecule has 1 rings (SSSR count). The second-order valence-electron chi connectivity index (χ2n) is 2.76. The average Bonchev–Trinajstić information content (AvgIpc) is 2.17. The molecule has 0 fully saturated rings. The van der Waals surface area contributed by atoms with Crippen LogP contribution >= 0.6 is 34.8 Å². The highest BCUT2D eigenvalue weighted by molar-refractivity contribution is 6.44. The molecular formula is C9H8Cl3FO2.